The summed E-state index contributed by atoms with van der Waals surface area (Å²) < 4.78 is 10.1. The lowest BCUT2D eigenvalue weighted by Crippen LogP contribution is -2.45. The number of nitrogens with one attached hydrogen (secondary N) is 2. The van der Waals surface area contributed by atoms with Crippen LogP contribution in [0.5, 0.6) is 0 Å². The van der Waals surface area contributed by atoms with E-state index in [1.165, 1.54) is 12.3 Å². The second-order valence-electron chi connectivity index (χ2n) is 5.64. The largest absolute Gasteiger partial charge is 0.466 e. The van der Waals surface area contributed by atoms with Gasteiger partial charge in [-0.25, -0.2) is 0 Å². The number of amides is 2. The number of hydrogen-bond acceptors (Lipinski definition) is 6. The molecule has 2 aromatic rings. The first-order chi connectivity index (χ1) is 11.0. The van der Waals surface area contributed by atoms with Crippen LogP contribution in [0.3, 0.4) is 0 Å². The molecule has 0 aliphatic heterocycles. The van der Waals surface area contributed by atoms with Crippen molar-refractivity contribution in [1.29, 1.82) is 0 Å². The molecule has 0 saturated heterocycles. The van der Waals surface area contributed by atoms with Crippen molar-refractivity contribution in [3.63, 3.8) is 0 Å². The van der Waals surface area contributed by atoms with E-state index in [-0.39, 0.29) is 18.3 Å². The molecule has 3 N–H and O–H groups in total. The second kappa shape index (κ2) is 5.88. The van der Waals surface area contributed by atoms with Gasteiger partial charge in [-0.1, -0.05) is 5.16 Å². The van der Waals surface area contributed by atoms with Crippen LogP contribution >= 0.6 is 0 Å². The van der Waals surface area contributed by atoms with Crippen LogP contribution in [0.15, 0.2) is 33.4 Å². The molecule has 0 aromatic carbocycles. The van der Waals surface area contributed by atoms with E-state index in [1.807, 2.05) is 0 Å². The zero-order valence-electron chi connectivity index (χ0n) is 12.5. The Hall–Kier alpha value is -2.61. The van der Waals surface area contributed by atoms with Crippen LogP contribution in [0.4, 0.5) is 5.82 Å². The zero-order chi connectivity index (χ0) is 16.4. The fraction of sp³-hybridized carbons (Fsp3) is 0.400. The molecule has 0 unspecified atom stereocenters. The summed E-state index contributed by atoms with van der Waals surface area (Å²) in [6.07, 6.45) is 3.15. The standard InChI is InChI=1S/C15H17N3O5/c1-9-7-12(18-23-9)17-14(20)13(19)16-8-15(21,10-4-5-10)11-3-2-6-22-11/h2-3,6-7,10,21H,4-5,8H2,1H3,(H,16,19)(H,17,18,20)/t15-/m0/s1. The Kier molecular flexibility index (Phi) is 3.91. The minimum atomic E-state index is -1.30. The van der Waals surface area contributed by atoms with Crippen LogP contribution in [-0.2, 0) is 15.2 Å². The average Bonchev–Trinajstić information content (AvgIpc) is 3.08. The Labute approximate surface area is 131 Å². The molecule has 23 heavy (non-hydrogen) atoms. The number of rotatable bonds is 5. The molecule has 2 amide bonds. The summed E-state index contributed by atoms with van der Waals surface area (Å²) in [5.41, 5.74) is -1.30. The zero-order valence-corrected chi connectivity index (χ0v) is 12.5. The Morgan fingerprint density at radius 1 is 1.43 bits per heavy atom. The van der Waals surface area contributed by atoms with Crippen LogP contribution in [0.2, 0.25) is 0 Å². The topological polar surface area (TPSA) is 118 Å². The van der Waals surface area contributed by atoms with Crippen molar-refractivity contribution >= 4 is 17.6 Å². The molecule has 0 radical (unpaired) electrons. The molecule has 1 saturated carbocycles. The molecule has 3 rings (SSSR count). The fourth-order valence-electron chi connectivity index (χ4n) is 2.41. The lowest BCUT2D eigenvalue weighted by Gasteiger charge is -2.26. The van der Waals surface area contributed by atoms with Crippen LogP contribution in [0.25, 0.3) is 0 Å². The van der Waals surface area contributed by atoms with Crippen molar-refractivity contribution in [1.82, 2.24) is 10.5 Å². The van der Waals surface area contributed by atoms with Gasteiger partial charge in [-0.15, -0.1) is 0 Å². The summed E-state index contributed by atoms with van der Waals surface area (Å²) >= 11 is 0. The minimum Gasteiger partial charge on any atom is -0.466 e. The Morgan fingerprint density at radius 2 is 2.22 bits per heavy atom. The molecule has 1 fully saturated rings. The van der Waals surface area contributed by atoms with Crippen LogP contribution < -0.4 is 10.6 Å². The van der Waals surface area contributed by atoms with E-state index in [0.29, 0.717) is 11.5 Å². The van der Waals surface area contributed by atoms with Gasteiger partial charge in [0.1, 0.15) is 17.1 Å². The van der Waals surface area contributed by atoms with E-state index in [0.717, 1.165) is 12.8 Å². The molecule has 0 spiro atoms. The van der Waals surface area contributed by atoms with Gasteiger partial charge in [-0.2, -0.15) is 0 Å². The molecule has 8 heteroatoms. The third-order valence-corrected chi connectivity index (χ3v) is 3.79. The van der Waals surface area contributed by atoms with Crippen molar-refractivity contribution < 1.29 is 23.6 Å². The van der Waals surface area contributed by atoms with Crippen molar-refractivity contribution in [2.45, 2.75) is 25.4 Å². The van der Waals surface area contributed by atoms with Crippen molar-refractivity contribution in [2.75, 3.05) is 11.9 Å². The third-order valence-electron chi connectivity index (χ3n) is 3.79. The Balaban J connectivity index is 1.60. The predicted octanol–water partition coefficient (Wildman–Crippen LogP) is 0.929. The summed E-state index contributed by atoms with van der Waals surface area (Å²) in [4.78, 5) is 23.7. The average molecular weight is 319 g/mol. The van der Waals surface area contributed by atoms with Crippen LogP contribution in [0, 0.1) is 12.8 Å². The second-order valence-corrected chi connectivity index (χ2v) is 5.64. The SMILES string of the molecule is Cc1cc(NC(=O)C(=O)NC[C@@](O)(c2ccco2)C2CC2)no1. The monoisotopic (exact) mass is 319 g/mol. The molecule has 0 bridgehead atoms. The molecular formula is C15H17N3O5. The fourth-order valence-corrected chi connectivity index (χ4v) is 2.41. The van der Waals surface area contributed by atoms with Gasteiger partial charge in [0.25, 0.3) is 0 Å². The van der Waals surface area contributed by atoms with Crippen molar-refractivity contribution in [2.24, 2.45) is 5.92 Å². The number of aromatic nitrogens is 1. The molecule has 2 aromatic heterocycles. The Morgan fingerprint density at radius 3 is 2.78 bits per heavy atom. The van der Waals surface area contributed by atoms with Crippen LogP contribution in [-0.4, -0.2) is 28.6 Å². The number of furan rings is 1. The lowest BCUT2D eigenvalue weighted by molar-refractivity contribution is -0.137. The normalized spacial score (nSPS) is 16.6. The highest BCUT2D eigenvalue weighted by atomic mass is 16.5. The maximum Gasteiger partial charge on any atom is 0.314 e. The summed E-state index contributed by atoms with van der Waals surface area (Å²) in [6.45, 7) is 1.57. The first-order valence-electron chi connectivity index (χ1n) is 7.28. The van der Waals surface area contributed by atoms with E-state index >= 15 is 0 Å². The van der Waals surface area contributed by atoms with Gasteiger partial charge >= 0.3 is 11.8 Å². The molecule has 1 aliphatic rings. The maximum atomic E-state index is 11.9. The van der Waals surface area contributed by atoms with E-state index in [9.17, 15) is 14.7 Å². The highest BCUT2D eigenvalue weighted by molar-refractivity contribution is 6.39. The number of carbonyl (C=O) groups is 2. The third kappa shape index (κ3) is 3.26. The molecule has 1 atom stereocenters. The minimum absolute atomic E-state index is 0.00945. The Bertz CT molecular complexity index is 705. The number of carbonyl (C=O) groups excluding carboxylic acids is 2. The van der Waals surface area contributed by atoms with E-state index < -0.39 is 17.4 Å². The molecular weight excluding hydrogens is 302 g/mol. The number of aliphatic hydroxyl groups is 1. The van der Waals surface area contributed by atoms with Gasteiger partial charge in [0.2, 0.25) is 0 Å². The number of hydrogen-bond donors (Lipinski definition) is 3. The van der Waals surface area contributed by atoms with Gasteiger partial charge < -0.3 is 19.4 Å². The smallest absolute Gasteiger partial charge is 0.314 e. The summed E-state index contributed by atoms with van der Waals surface area (Å²) in [6, 6.07) is 4.82. The van der Waals surface area contributed by atoms with Gasteiger partial charge in [0.05, 0.1) is 12.8 Å². The van der Waals surface area contributed by atoms with Gasteiger partial charge in [-0.05, 0) is 37.8 Å². The van der Waals surface area contributed by atoms with Gasteiger partial charge in [0.15, 0.2) is 5.82 Å². The van der Waals surface area contributed by atoms with E-state index in [4.69, 9.17) is 8.94 Å². The lowest BCUT2D eigenvalue weighted by atomic mass is 9.94. The number of anilines is 1. The van der Waals surface area contributed by atoms with E-state index in [2.05, 4.69) is 15.8 Å². The predicted molar refractivity (Wildman–Crippen MR) is 78.2 cm³/mol. The van der Waals surface area contributed by atoms with Gasteiger partial charge in [0, 0.05) is 6.07 Å². The maximum absolute atomic E-state index is 11.9. The summed E-state index contributed by atoms with van der Waals surface area (Å²) in [5, 5.41) is 19.1. The molecule has 8 nitrogen and oxygen atoms in total. The van der Waals surface area contributed by atoms with Crippen molar-refractivity contribution in [3.05, 3.63) is 36.0 Å². The quantitative estimate of drug-likeness (QED) is 0.706. The van der Waals surface area contributed by atoms with Crippen LogP contribution in [0.1, 0.15) is 24.4 Å². The first-order valence-corrected chi connectivity index (χ1v) is 7.28. The summed E-state index contributed by atoms with van der Waals surface area (Å²) in [5.74, 6) is -0.678. The summed E-state index contributed by atoms with van der Waals surface area (Å²) in [7, 11) is 0. The highest BCUT2D eigenvalue weighted by Gasteiger charge is 2.47. The number of aryl methyl sites for hydroxylation is 1. The first kappa shape index (κ1) is 15.3. The van der Waals surface area contributed by atoms with E-state index in [1.54, 1.807) is 19.1 Å². The number of nitrogens with zero attached hydrogens (tertiary/aromatic N) is 1. The molecule has 1 aliphatic carbocycles. The van der Waals surface area contributed by atoms with Gasteiger partial charge in [-0.3, -0.25) is 14.9 Å². The highest BCUT2D eigenvalue weighted by Crippen LogP contribution is 2.45. The van der Waals surface area contributed by atoms with Crippen molar-refractivity contribution in [3.8, 4) is 0 Å². The molecule has 122 valence electrons. The molecule has 2 heterocycles.